The minimum Gasteiger partial charge on any atom is -0.234 e. The average Bonchev–Trinajstić information content (AvgIpc) is 3.42. The summed E-state index contributed by atoms with van der Waals surface area (Å²) in [5, 5.41) is 0. The van der Waals surface area contributed by atoms with Gasteiger partial charge in [0.2, 0.25) is 0 Å². The van der Waals surface area contributed by atoms with Crippen LogP contribution in [0.5, 0.6) is 0 Å². The van der Waals surface area contributed by atoms with Gasteiger partial charge in [-0.1, -0.05) is 201 Å². The molecule has 2 nitrogen and oxygen atoms in total. The first-order chi connectivity index (χ1) is 21.3. The summed E-state index contributed by atoms with van der Waals surface area (Å²) in [6.45, 7) is 9.38. The van der Waals surface area contributed by atoms with E-state index in [2.05, 4.69) is 42.3 Å². The predicted octanol–water partition coefficient (Wildman–Crippen LogP) is 13.9. The van der Waals surface area contributed by atoms with Crippen LogP contribution in [0.2, 0.25) is 0 Å². The van der Waals surface area contributed by atoms with Gasteiger partial charge in [-0.15, -0.1) is 0 Å². The lowest BCUT2D eigenvalue weighted by molar-refractivity contribution is -0.704. The molecule has 0 amide bonds. The van der Waals surface area contributed by atoms with Gasteiger partial charge in [0.05, 0.1) is 13.1 Å². The summed E-state index contributed by atoms with van der Waals surface area (Å²) < 4.78 is 5.10. The fourth-order valence-corrected chi connectivity index (χ4v) is 6.97. The third-order valence-corrected chi connectivity index (χ3v) is 9.91. The number of nitrogens with zero attached hydrogens (tertiary/aromatic N) is 2. The smallest absolute Gasteiger partial charge is 0.234 e. The summed E-state index contributed by atoms with van der Waals surface area (Å²) in [4.78, 5) is 0. The van der Waals surface area contributed by atoms with Gasteiger partial charge in [-0.2, -0.15) is 0 Å². The molecule has 0 aliphatic rings. The average molecular weight is 602 g/mol. The Hall–Kier alpha value is -0.790. The van der Waals surface area contributed by atoms with E-state index in [1.807, 2.05) is 0 Å². The van der Waals surface area contributed by atoms with Gasteiger partial charge in [-0.05, 0) is 25.7 Å². The molecule has 0 aliphatic carbocycles. The second-order valence-electron chi connectivity index (χ2n) is 14.1. The molecular formula is C41H81N2+. The van der Waals surface area contributed by atoms with E-state index in [0.29, 0.717) is 0 Å². The second-order valence-corrected chi connectivity index (χ2v) is 14.1. The summed E-state index contributed by atoms with van der Waals surface area (Å²) in [6, 6.07) is 0. The Balaban J connectivity index is 1.91. The van der Waals surface area contributed by atoms with Gasteiger partial charge < -0.3 is 0 Å². The van der Waals surface area contributed by atoms with Crippen LogP contribution < -0.4 is 4.57 Å². The van der Waals surface area contributed by atoms with Crippen molar-refractivity contribution in [1.29, 1.82) is 0 Å². The van der Waals surface area contributed by atoms with Crippen molar-refractivity contribution in [3.05, 3.63) is 18.2 Å². The molecule has 254 valence electrons. The highest BCUT2D eigenvalue weighted by atomic mass is 15.1. The van der Waals surface area contributed by atoms with Crippen molar-refractivity contribution in [2.45, 2.75) is 246 Å². The van der Waals surface area contributed by atoms with E-state index in [1.165, 1.54) is 219 Å². The van der Waals surface area contributed by atoms with E-state index in [1.54, 1.807) is 5.82 Å². The Labute approximate surface area is 272 Å². The molecule has 0 spiro atoms. The highest BCUT2D eigenvalue weighted by molar-refractivity contribution is 4.83. The first-order valence-electron chi connectivity index (χ1n) is 20.4. The minimum absolute atomic E-state index is 1.16. The lowest BCUT2D eigenvalue weighted by atomic mass is 10.0. The molecule has 0 bridgehead atoms. The van der Waals surface area contributed by atoms with Crippen molar-refractivity contribution in [3.8, 4) is 0 Å². The second kappa shape index (κ2) is 32.6. The molecule has 0 aliphatic heterocycles. The Kier molecular flexibility index (Phi) is 30.5. The molecular weight excluding hydrogens is 520 g/mol. The number of rotatable bonds is 35. The fraction of sp³-hybridized carbons (Fsp3) is 0.927. The summed E-state index contributed by atoms with van der Waals surface area (Å²) in [7, 11) is 0. The van der Waals surface area contributed by atoms with Gasteiger partial charge in [-0.25, -0.2) is 9.13 Å². The first kappa shape index (κ1) is 40.2. The van der Waals surface area contributed by atoms with Gasteiger partial charge in [0, 0.05) is 6.42 Å². The van der Waals surface area contributed by atoms with Gasteiger partial charge in [-0.3, -0.25) is 0 Å². The topological polar surface area (TPSA) is 8.81 Å². The summed E-state index contributed by atoms with van der Waals surface area (Å²) in [6.07, 6.45) is 52.1. The first-order valence-corrected chi connectivity index (χ1v) is 20.4. The number of aromatic nitrogens is 2. The number of unbranched alkanes of at least 4 members (excludes halogenated alkanes) is 30. The van der Waals surface area contributed by atoms with Crippen LogP contribution in [0.15, 0.2) is 12.4 Å². The maximum absolute atomic E-state index is 2.55. The van der Waals surface area contributed by atoms with E-state index >= 15 is 0 Å². The lowest BCUT2D eigenvalue weighted by Gasteiger charge is -2.05. The molecule has 0 fully saturated rings. The van der Waals surface area contributed by atoms with Crippen molar-refractivity contribution < 1.29 is 4.57 Å². The van der Waals surface area contributed by atoms with Gasteiger partial charge in [0.25, 0.3) is 5.82 Å². The Morgan fingerprint density at radius 1 is 0.395 bits per heavy atom. The van der Waals surface area contributed by atoms with Gasteiger partial charge in [0.1, 0.15) is 12.4 Å². The highest BCUT2D eigenvalue weighted by Gasteiger charge is 2.14. The van der Waals surface area contributed by atoms with Crippen molar-refractivity contribution in [2.75, 3.05) is 0 Å². The zero-order valence-electron chi connectivity index (χ0n) is 30.3. The van der Waals surface area contributed by atoms with Gasteiger partial charge >= 0.3 is 0 Å². The largest absolute Gasteiger partial charge is 0.256 e. The monoisotopic (exact) mass is 602 g/mol. The van der Waals surface area contributed by atoms with E-state index in [9.17, 15) is 0 Å². The molecule has 0 unspecified atom stereocenters. The molecule has 2 heteroatoms. The zero-order valence-corrected chi connectivity index (χ0v) is 30.3. The van der Waals surface area contributed by atoms with Gasteiger partial charge in [0.15, 0.2) is 0 Å². The standard InChI is InChI=1S/C41H81N2/c1-4-7-9-11-13-15-17-19-21-22-24-26-28-30-32-34-36-38-43-40-39-42(41(43)6-3)37-35-33-31-29-27-25-23-20-18-16-14-12-10-8-5-2/h39-40H,4-38H2,1-3H3/q+1. The third-order valence-electron chi connectivity index (χ3n) is 9.91. The number of hydrogen-bond acceptors (Lipinski definition) is 0. The van der Waals surface area contributed by atoms with Crippen molar-refractivity contribution in [1.82, 2.24) is 4.57 Å². The zero-order chi connectivity index (χ0) is 30.9. The quantitative estimate of drug-likeness (QED) is 0.0540. The third kappa shape index (κ3) is 25.1. The maximum atomic E-state index is 2.55. The molecule has 43 heavy (non-hydrogen) atoms. The van der Waals surface area contributed by atoms with E-state index in [-0.39, 0.29) is 0 Å². The fourth-order valence-electron chi connectivity index (χ4n) is 6.97. The van der Waals surface area contributed by atoms with E-state index in [4.69, 9.17) is 0 Å². The molecule has 1 heterocycles. The number of hydrogen-bond donors (Lipinski definition) is 0. The molecule has 0 atom stereocenters. The maximum Gasteiger partial charge on any atom is 0.256 e. The Morgan fingerprint density at radius 2 is 0.698 bits per heavy atom. The van der Waals surface area contributed by atoms with Crippen molar-refractivity contribution in [2.24, 2.45) is 0 Å². The van der Waals surface area contributed by atoms with E-state index < -0.39 is 0 Å². The molecule has 0 saturated carbocycles. The molecule has 0 saturated heterocycles. The van der Waals surface area contributed by atoms with Crippen LogP contribution in [-0.4, -0.2) is 4.57 Å². The van der Waals surface area contributed by atoms with Crippen LogP contribution in [-0.2, 0) is 19.5 Å². The van der Waals surface area contributed by atoms with Crippen LogP contribution in [0.3, 0.4) is 0 Å². The number of aryl methyl sites for hydroxylation is 2. The molecule has 1 aromatic heterocycles. The van der Waals surface area contributed by atoms with Crippen LogP contribution in [0.4, 0.5) is 0 Å². The SMILES string of the molecule is CCCCCCCCCCCCCCCCCCCn1cc[n+](CCCCCCCCCCCCCCCCC)c1CC. The van der Waals surface area contributed by atoms with Crippen LogP contribution >= 0.6 is 0 Å². The Bertz CT molecular complexity index is 663. The lowest BCUT2D eigenvalue weighted by Crippen LogP contribution is -2.37. The molecule has 0 N–H and O–H groups in total. The molecule has 1 aromatic rings. The van der Waals surface area contributed by atoms with Crippen LogP contribution in [0, 0.1) is 0 Å². The normalized spacial score (nSPS) is 11.6. The van der Waals surface area contributed by atoms with Crippen LogP contribution in [0.1, 0.15) is 232 Å². The summed E-state index contributed by atoms with van der Waals surface area (Å²) in [5.41, 5.74) is 0. The van der Waals surface area contributed by atoms with Crippen LogP contribution in [0.25, 0.3) is 0 Å². The highest BCUT2D eigenvalue weighted by Crippen LogP contribution is 2.15. The molecule has 0 aromatic carbocycles. The predicted molar refractivity (Wildman–Crippen MR) is 193 cm³/mol. The molecule has 0 radical (unpaired) electrons. The molecule has 1 rings (SSSR count). The Morgan fingerprint density at radius 3 is 1.02 bits per heavy atom. The summed E-state index contributed by atoms with van der Waals surface area (Å²) in [5.74, 6) is 1.54. The van der Waals surface area contributed by atoms with Crippen molar-refractivity contribution in [3.63, 3.8) is 0 Å². The van der Waals surface area contributed by atoms with Crippen molar-refractivity contribution >= 4 is 0 Å². The summed E-state index contributed by atoms with van der Waals surface area (Å²) >= 11 is 0. The minimum atomic E-state index is 1.16. The van der Waals surface area contributed by atoms with E-state index in [0.717, 1.165) is 6.42 Å². The number of imidazole rings is 1.